The second-order valence-corrected chi connectivity index (χ2v) is 4.94. The summed E-state index contributed by atoms with van der Waals surface area (Å²) in [4.78, 5) is 4.04. The molecule has 94 valence electrons. The zero-order valence-corrected chi connectivity index (χ0v) is 10.6. The van der Waals surface area contributed by atoms with Crippen LogP contribution in [0.25, 0.3) is 0 Å². The van der Waals surface area contributed by atoms with Gasteiger partial charge >= 0.3 is 0 Å². The molecule has 3 nitrogen and oxygen atoms in total. The third kappa shape index (κ3) is 5.18. The number of rotatable bonds is 2. The predicted molar refractivity (Wildman–Crippen MR) is 69.2 cm³/mol. The topological polar surface area (TPSA) is 34.1 Å². The fraction of sp³-hybridized carbons (Fsp3) is 0.643. The van der Waals surface area contributed by atoms with E-state index in [9.17, 15) is 0 Å². The summed E-state index contributed by atoms with van der Waals surface area (Å²) < 4.78 is 5.41. The SMILES string of the molecule is CC1CCCNC1.c1ccc(OC2CC2)nc1. The fourth-order valence-corrected chi connectivity index (χ4v) is 1.80. The van der Waals surface area contributed by atoms with Crippen molar-refractivity contribution in [3.8, 4) is 5.88 Å². The summed E-state index contributed by atoms with van der Waals surface area (Å²) in [6.45, 7) is 4.77. The first-order valence-electron chi connectivity index (χ1n) is 6.63. The van der Waals surface area contributed by atoms with E-state index < -0.39 is 0 Å². The van der Waals surface area contributed by atoms with Crippen LogP contribution >= 0.6 is 0 Å². The van der Waals surface area contributed by atoms with Gasteiger partial charge in [0.2, 0.25) is 5.88 Å². The van der Waals surface area contributed by atoms with Crippen molar-refractivity contribution in [2.45, 2.75) is 38.7 Å². The van der Waals surface area contributed by atoms with E-state index in [0.717, 1.165) is 11.8 Å². The Balaban J connectivity index is 0.000000136. The summed E-state index contributed by atoms with van der Waals surface area (Å²) in [6.07, 6.45) is 7.38. The maximum absolute atomic E-state index is 5.41. The smallest absolute Gasteiger partial charge is 0.213 e. The number of hydrogen-bond acceptors (Lipinski definition) is 3. The van der Waals surface area contributed by atoms with Crippen LogP contribution in [0, 0.1) is 5.92 Å². The summed E-state index contributed by atoms with van der Waals surface area (Å²) in [5.74, 6) is 1.68. The van der Waals surface area contributed by atoms with E-state index >= 15 is 0 Å². The summed E-state index contributed by atoms with van der Waals surface area (Å²) >= 11 is 0. The Hall–Kier alpha value is -1.09. The highest BCUT2D eigenvalue weighted by atomic mass is 16.5. The quantitative estimate of drug-likeness (QED) is 0.854. The van der Waals surface area contributed by atoms with Crippen molar-refractivity contribution >= 4 is 0 Å². The third-order valence-corrected chi connectivity index (χ3v) is 2.99. The van der Waals surface area contributed by atoms with Crippen LogP contribution in [0.5, 0.6) is 5.88 Å². The zero-order chi connectivity index (χ0) is 11.9. The molecule has 0 amide bonds. The van der Waals surface area contributed by atoms with Gasteiger partial charge in [-0.15, -0.1) is 0 Å². The Morgan fingerprint density at radius 1 is 1.29 bits per heavy atom. The lowest BCUT2D eigenvalue weighted by Crippen LogP contribution is -2.27. The van der Waals surface area contributed by atoms with E-state index in [1.807, 2.05) is 18.2 Å². The minimum absolute atomic E-state index is 0.454. The average molecular weight is 234 g/mol. The normalized spacial score (nSPS) is 23.5. The molecule has 0 bridgehead atoms. The third-order valence-electron chi connectivity index (χ3n) is 2.99. The lowest BCUT2D eigenvalue weighted by Gasteiger charge is -2.17. The fourth-order valence-electron chi connectivity index (χ4n) is 1.80. The highest BCUT2D eigenvalue weighted by molar-refractivity contribution is 5.10. The van der Waals surface area contributed by atoms with Gasteiger partial charge in [0.15, 0.2) is 0 Å². The van der Waals surface area contributed by atoms with Crippen molar-refractivity contribution < 1.29 is 4.74 Å². The molecular formula is C14H22N2O. The molecule has 2 heterocycles. The van der Waals surface area contributed by atoms with Crippen molar-refractivity contribution in [3.63, 3.8) is 0 Å². The van der Waals surface area contributed by atoms with E-state index in [1.54, 1.807) is 6.20 Å². The van der Waals surface area contributed by atoms with E-state index in [-0.39, 0.29) is 0 Å². The van der Waals surface area contributed by atoms with Crippen LogP contribution in [0.4, 0.5) is 0 Å². The van der Waals surface area contributed by atoms with Crippen molar-refractivity contribution in [2.75, 3.05) is 13.1 Å². The minimum atomic E-state index is 0.454. The molecule has 1 unspecified atom stereocenters. The van der Waals surface area contributed by atoms with Gasteiger partial charge in [0.25, 0.3) is 0 Å². The Morgan fingerprint density at radius 3 is 2.65 bits per heavy atom. The van der Waals surface area contributed by atoms with Gasteiger partial charge in [-0.25, -0.2) is 4.98 Å². The standard InChI is InChI=1S/C8H9NO.C6H13N/c1-2-6-9-8(3-1)10-7-4-5-7;1-6-3-2-4-7-5-6/h1-3,6-7H,4-5H2;6-7H,2-5H2,1H3. The van der Waals surface area contributed by atoms with Gasteiger partial charge in [0.1, 0.15) is 6.10 Å². The average Bonchev–Trinajstić information content (AvgIpc) is 3.16. The molecule has 0 radical (unpaired) electrons. The highest BCUT2D eigenvalue weighted by Crippen LogP contribution is 2.24. The molecule has 0 spiro atoms. The van der Waals surface area contributed by atoms with Crippen LogP contribution in [-0.4, -0.2) is 24.2 Å². The Kier molecular flexibility index (Phi) is 4.80. The molecule has 17 heavy (non-hydrogen) atoms. The number of pyridine rings is 1. The lowest BCUT2D eigenvalue weighted by molar-refractivity contribution is 0.291. The molecule has 1 aromatic rings. The molecule has 2 fully saturated rings. The second-order valence-electron chi connectivity index (χ2n) is 4.94. The molecular weight excluding hydrogens is 212 g/mol. The second kappa shape index (κ2) is 6.60. The first kappa shape index (κ1) is 12.4. The van der Waals surface area contributed by atoms with Crippen LogP contribution in [-0.2, 0) is 0 Å². The van der Waals surface area contributed by atoms with Crippen molar-refractivity contribution in [3.05, 3.63) is 24.4 Å². The molecule has 2 aliphatic rings. The van der Waals surface area contributed by atoms with Crippen molar-refractivity contribution in [1.82, 2.24) is 10.3 Å². The number of ether oxygens (including phenoxy) is 1. The summed E-state index contributed by atoms with van der Waals surface area (Å²) in [7, 11) is 0. The first-order valence-corrected chi connectivity index (χ1v) is 6.63. The van der Waals surface area contributed by atoms with Gasteiger partial charge in [-0.1, -0.05) is 13.0 Å². The van der Waals surface area contributed by atoms with Gasteiger partial charge in [-0.3, -0.25) is 0 Å². The monoisotopic (exact) mass is 234 g/mol. The van der Waals surface area contributed by atoms with Crippen LogP contribution in [0.1, 0.15) is 32.6 Å². The number of nitrogens with zero attached hydrogens (tertiary/aromatic N) is 1. The van der Waals surface area contributed by atoms with Crippen LogP contribution in [0.15, 0.2) is 24.4 Å². The van der Waals surface area contributed by atoms with Crippen LogP contribution in [0.2, 0.25) is 0 Å². The number of nitrogens with one attached hydrogen (secondary N) is 1. The number of piperidine rings is 1. The van der Waals surface area contributed by atoms with Crippen LogP contribution in [0.3, 0.4) is 0 Å². The maximum Gasteiger partial charge on any atom is 0.213 e. The van der Waals surface area contributed by atoms with Gasteiger partial charge in [0, 0.05) is 12.3 Å². The van der Waals surface area contributed by atoms with Gasteiger partial charge in [-0.05, 0) is 50.8 Å². The molecule has 1 saturated carbocycles. The van der Waals surface area contributed by atoms with Crippen molar-refractivity contribution in [1.29, 1.82) is 0 Å². The molecule has 3 rings (SSSR count). The predicted octanol–water partition coefficient (Wildman–Crippen LogP) is 2.63. The lowest BCUT2D eigenvalue weighted by atomic mass is 10.0. The van der Waals surface area contributed by atoms with E-state index in [4.69, 9.17) is 4.74 Å². The molecule has 1 aliphatic carbocycles. The summed E-state index contributed by atoms with van der Waals surface area (Å²) in [5.41, 5.74) is 0. The number of hydrogen-bond donors (Lipinski definition) is 1. The van der Waals surface area contributed by atoms with E-state index in [0.29, 0.717) is 6.10 Å². The Labute approximate surface area is 104 Å². The van der Waals surface area contributed by atoms with Gasteiger partial charge < -0.3 is 10.1 Å². The summed E-state index contributed by atoms with van der Waals surface area (Å²) in [6, 6.07) is 5.71. The highest BCUT2D eigenvalue weighted by Gasteiger charge is 2.23. The molecule has 1 saturated heterocycles. The van der Waals surface area contributed by atoms with E-state index in [2.05, 4.69) is 17.2 Å². The van der Waals surface area contributed by atoms with Gasteiger partial charge in [0.05, 0.1) is 0 Å². The zero-order valence-electron chi connectivity index (χ0n) is 10.6. The first-order chi connectivity index (χ1) is 8.34. The largest absolute Gasteiger partial charge is 0.474 e. The maximum atomic E-state index is 5.41. The molecule has 1 aromatic heterocycles. The summed E-state index contributed by atoms with van der Waals surface area (Å²) in [5, 5.41) is 3.33. The molecule has 1 N–H and O–H groups in total. The molecule has 1 aliphatic heterocycles. The Bertz CT molecular complexity index is 305. The van der Waals surface area contributed by atoms with Gasteiger partial charge in [-0.2, -0.15) is 0 Å². The molecule has 0 aromatic carbocycles. The van der Waals surface area contributed by atoms with Crippen LogP contribution < -0.4 is 10.1 Å². The molecule has 1 atom stereocenters. The minimum Gasteiger partial charge on any atom is -0.474 e. The van der Waals surface area contributed by atoms with Crippen molar-refractivity contribution in [2.24, 2.45) is 5.92 Å². The Morgan fingerprint density at radius 2 is 2.18 bits per heavy atom. The number of aromatic nitrogens is 1. The van der Waals surface area contributed by atoms with E-state index in [1.165, 1.54) is 38.8 Å². The molecule has 3 heteroatoms.